The van der Waals surface area contributed by atoms with E-state index in [2.05, 4.69) is 11.0 Å². The number of amides is 1. The number of carboxylic acid groups (broad SMARTS) is 1. The highest BCUT2D eigenvalue weighted by atomic mass is 16.5. The van der Waals surface area contributed by atoms with Gasteiger partial charge < -0.3 is 19.6 Å². The molecule has 1 N–H and O–H groups in total. The summed E-state index contributed by atoms with van der Waals surface area (Å²) in [5.74, 6) is 1.57. The summed E-state index contributed by atoms with van der Waals surface area (Å²) in [4.78, 5) is 14.9. The van der Waals surface area contributed by atoms with Crippen molar-refractivity contribution in [1.29, 1.82) is 0 Å². The minimum Gasteiger partial charge on any atom is -0.465 e. The number of carbonyl (C=O) groups is 1. The van der Waals surface area contributed by atoms with Gasteiger partial charge in [-0.2, -0.15) is 0 Å². The molecule has 1 unspecified atom stereocenters. The standard InChI is InChI=1S/C18H16N2O3/c21-18(22)19-11-5-6-13(12-19)20-14-7-1-3-9-16(14)23-17-10-4-2-8-15(17)20/h1-10,13H,11-12H2,(H,21,22). The van der Waals surface area contributed by atoms with E-state index in [9.17, 15) is 9.90 Å². The smallest absolute Gasteiger partial charge is 0.407 e. The molecule has 1 atom stereocenters. The second-order valence-corrected chi connectivity index (χ2v) is 5.59. The molecule has 5 nitrogen and oxygen atoms in total. The lowest BCUT2D eigenvalue weighted by molar-refractivity contribution is 0.147. The van der Waals surface area contributed by atoms with E-state index in [0.717, 1.165) is 22.9 Å². The van der Waals surface area contributed by atoms with E-state index >= 15 is 0 Å². The Morgan fingerprint density at radius 3 is 2.26 bits per heavy atom. The van der Waals surface area contributed by atoms with Crippen LogP contribution in [-0.2, 0) is 0 Å². The summed E-state index contributed by atoms with van der Waals surface area (Å²) >= 11 is 0. The number of hydrogen-bond acceptors (Lipinski definition) is 3. The minimum absolute atomic E-state index is 0.0638. The molecule has 0 saturated heterocycles. The van der Waals surface area contributed by atoms with Crippen LogP contribution in [0, 0.1) is 0 Å². The highest BCUT2D eigenvalue weighted by Crippen LogP contribution is 2.47. The fourth-order valence-electron chi connectivity index (χ4n) is 3.12. The van der Waals surface area contributed by atoms with Gasteiger partial charge in [-0.05, 0) is 24.3 Å². The predicted molar refractivity (Wildman–Crippen MR) is 87.6 cm³/mol. The monoisotopic (exact) mass is 308 g/mol. The first-order valence-corrected chi connectivity index (χ1v) is 7.54. The number of ether oxygens (including phenoxy) is 1. The van der Waals surface area contributed by atoms with Gasteiger partial charge in [0.25, 0.3) is 0 Å². The van der Waals surface area contributed by atoms with Gasteiger partial charge in [-0.3, -0.25) is 0 Å². The van der Waals surface area contributed by atoms with Crippen LogP contribution < -0.4 is 9.64 Å². The zero-order chi connectivity index (χ0) is 15.8. The normalized spacial score (nSPS) is 18.9. The third-order valence-corrected chi connectivity index (χ3v) is 4.16. The summed E-state index contributed by atoms with van der Waals surface area (Å²) in [5.41, 5.74) is 1.90. The van der Waals surface area contributed by atoms with Crippen LogP contribution in [0.25, 0.3) is 0 Å². The highest BCUT2D eigenvalue weighted by Gasteiger charge is 2.31. The van der Waals surface area contributed by atoms with E-state index in [-0.39, 0.29) is 6.04 Å². The van der Waals surface area contributed by atoms with Gasteiger partial charge in [0.15, 0.2) is 11.5 Å². The van der Waals surface area contributed by atoms with E-state index < -0.39 is 6.09 Å². The van der Waals surface area contributed by atoms with Crippen LogP contribution >= 0.6 is 0 Å². The number of anilines is 2. The topological polar surface area (TPSA) is 53.0 Å². The van der Waals surface area contributed by atoms with Gasteiger partial charge >= 0.3 is 6.09 Å². The van der Waals surface area contributed by atoms with Gasteiger partial charge in [0.1, 0.15) is 0 Å². The second-order valence-electron chi connectivity index (χ2n) is 5.59. The van der Waals surface area contributed by atoms with Crippen molar-refractivity contribution >= 4 is 17.5 Å². The summed E-state index contributed by atoms with van der Waals surface area (Å²) in [6, 6.07) is 15.6. The van der Waals surface area contributed by atoms with Crippen LogP contribution in [0.5, 0.6) is 11.5 Å². The molecule has 2 aromatic rings. The Hall–Kier alpha value is -2.95. The Morgan fingerprint density at radius 1 is 1.04 bits per heavy atom. The molecule has 4 rings (SSSR count). The molecule has 0 aliphatic carbocycles. The van der Waals surface area contributed by atoms with Crippen molar-refractivity contribution in [1.82, 2.24) is 4.90 Å². The fourth-order valence-corrected chi connectivity index (χ4v) is 3.12. The molecule has 0 bridgehead atoms. The Kier molecular flexibility index (Phi) is 3.19. The van der Waals surface area contributed by atoms with E-state index in [1.807, 2.05) is 54.6 Å². The molecule has 2 aromatic carbocycles. The molecule has 1 amide bonds. The quantitative estimate of drug-likeness (QED) is 0.813. The third kappa shape index (κ3) is 2.30. The molecule has 2 heterocycles. The second kappa shape index (κ2) is 5.35. The van der Waals surface area contributed by atoms with Gasteiger partial charge in [-0.1, -0.05) is 36.4 Å². The Balaban J connectivity index is 1.80. The molecule has 0 spiro atoms. The van der Waals surface area contributed by atoms with Crippen molar-refractivity contribution in [3.63, 3.8) is 0 Å². The first-order valence-electron chi connectivity index (χ1n) is 7.54. The van der Waals surface area contributed by atoms with Crippen molar-refractivity contribution < 1.29 is 14.6 Å². The zero-order valence-electron chi connectivity index (χ0n) is 12.4. The maximum absolute atomic E-state index is 11.3. The van der Waals surface area contributed by atoms with Crippen LogP contribution in [0.4, 0.5) is 16.2 Å². The predicted octanol–water partition coefficient (Wildman–Crippen LogP) is 3.85. The van der Waals surface area contributed by atoms with Crippen molar-refractivity contribution in [2.75, 3.05) is 18.0 Å². The number of benzene rings is 2. The molecule has 116 valence electrons. The average molecular weight is 308 g/mol. The first-order chi connectivity index (χ1) is 11.2. The number of fused-ring (bicyclic) bond motifs is 2. The lowest BCUT2D eigenvalue weighted by Crippen LogP contribution is -2.46. The van der Waals surface area contributed by atoms with Crippen molar-refractivity contribution in [2.45, 2.75) is 6.04 Å². The maximum atomic E-state index is 11.3. The Bertz CT molecular complexity index is 742. The van der Waals surface area contributed by atoms with Gasteiger partial charge in [-0.15, -0.1) is 0 Å². The van der Waals surface area contributed by atoms with Crippen molar-refractivity contribution in [2.24, 2.45) is 0 Å². The van der Waals surface area contributed by atoms with E-state index in [4.69, 9.17) is 4.74 Å². The number of rotatable bonds is 1. The molecule has 5 heteroatoms. The highest BCUT2D eigenvalue weighted by molar-refractivity contribution is 5.79. The lowest BCUT2D eigenvalue weighted by Gasteiger charge is -2.40. The SMILES string of the molecule is O=C(O)N1CC=CC(N2c3ccccc3Oc3ccccc32)C1. The van der Waals surface area contributed by atoms with Gasteiger partial charge in [0, 0.05) is 13.1 Å². The van der Waals surface area contributed by atoms with E-state index in [1.54, 1.807) is 0 Å². The minimum atomic E-state index is -0.894. The molecule has 0 radical (unpaired) electrons. The molecule has 2 aliphatic heterocycles. The molecule has 23 heavy (non-hydrogen) atoms. The zero-order valence-corrected chi connectivity index (χ0v) is 12.4. The summed E-state index contributed by atoms with van der Waals surface area (Å²) < 4.78 is 5.98. The summed E-state index contributed by atoms with van der Waals surface area (Å²) in [6.45, 7) is 0.855. The Morgan fingerprint density at radius 2 is 1.65 bits per heavy atom. The van der Waals surface area contributed by atoms with Crippen LogP contribution in [0.2, 0.25) is 0 Å². The molecule has 0 aromatic heterocycles. The first kappa shape index (κ1) is 13.7. The van der Waals surface area contributed by atoms with Crippen molar-refractivity contribution in [3.05, 3.63) is 60.7 Å². The molecule has 0 fully saturated rings. The van der Waals surface area contributed by atoms with Crippen LogP contribution in [0.3, 0.4) is 0 Å². The van der Waals surface area contributed by atoms with Gasteiger partial charge in [-0.25, -0.2) is 4.79 Å². The molecular formula is C18H16N2O3. The fraction of sp³-hybridized carbons (Fsp3) is 0.167. The summed E-state index contributed by atoms with van der Waals surface area (Å²) in [7, 11) is 0. The van der Waals surface area contributed by atoms with Crippen molar-refractivity contribution in [3.8, 4) is 11.5 Å². The third-order valence-electron chi connectivity index (χ3n) is 4.16. The van der Waals surface area contributed by atoms with Gasteiger partial charge in [0.2, 0.25) is 0 Å². The maximum Gasteiger partial charge on any atom is 0.407 e. The number of para-hydroxylation sites is 4. The largest absolute Gasteiger partial charge is 0.465 e. The average Bonchev–Trinajstić information content (AvgIpc) is 2.59. The van der Waals surface area contributed by atoms with Crippen LogP contribution in [0.1, 0.15) is 0 Å². The molecule has 2 aliphatic rings. The number of hydrogen-bond donors (Lipinski definition) is 1. The summed E-state index contributed by atoms with van der Waals surface area (Å²) in [6.07, 6.45) is 3.08. The van der Waals surface area contributed by atoms with E-state index in [0.29, 0.717) is 13.1 Å². The van der Waals surface area contributed by atoms with Crippen LogP contribution in [-0.4, -0.2) is 35.2 Å². The molecule has 0 saturated carbocycles. The van der Waals surface area contributed by atoms with Crippen LogP contribution in [0.15, 0.2) is 60.7 Å². The summed E-state index contributed by atoms with van der Waals surface area (Å²) in [5, 5.41) is 9.29. The number of nitrogens with zero attached hydrogens (tertiary/aromatic N) is 2. The Labute approximate surface area is 134 Å². The van der Waals surface area contributed by atoms with E-state index in [1.165, 1.54) is 4.90 Å². The van der Waals surface area contributed by atoms with Gasteiger partial charge in [0.05, 0.1) is 17.4 Å². The lowest BCUT2D eigenvalue weighted by atomic mass is 10.1. The molecular weight excluding hydrogens is 292 g/mol.